The van der Waals surface area contributed by atoms with E-state index in [9.17, 15) is 5.26 Å². The van der Waals surface area contributed by atoms with Crippen LogP contribution in [0.4, 0.5) is 0 Å². The van der Waals surface area contributed by atoms with Crippen LogP contribution in [-0.2, 0) is 0 Å². The summed E-state index contributed by atoms with van der Waals surface area (Å²) in [6, 6.07) is 106. The second-order valence-electron chi connectivity index (χ2n) is 27.0. The Morgan fingerprint density at radius 1 is 0.273 bits per heavy atom. The minimum Gasteiger partial charge on any atom is -0.309 e. The number of nitriles is 1. The molecular formula is C92H64N6S. The fourth-order valence-corrected chi connectivity index (χ4v) is 17.1. The second kappa shape index (κ2) is 22.4. The average molecular weight is 1290 g/mol. The largest absolute Gasteiger partial charge is 0.309 e. The summed E-state index contributed by atoms with van der Waals surface area (Å²) in [5.74, 6) is 0. The monoisotopic (exact) mass is 1280 g/mol. The molecule has 6 nitrogen and oxygen atoms in total. The Hall–Kier alpha value is -12.3. The summed E-state index contributed by atoms with van der Waals surface area (Å²) in [5, 5.41) is 23.2. The standard InChI is InChI=1S/C92H64N6S/c1-54-19-41-80-70(47-54)71-48-55(2)20-42-81(71)96(80)65-33-25-60(26-34-65)87-76(53-93)91(92-94-77-15-9-12-18-86(77)99-92)90(63-31-39-67(40-32-63)98-84-45-23-58(5)51-74(84)75-52-59(6)24-46-85(75)98)89(62-29-37-66(38-30-62)97-82-43-21-56(3)49-72(82)73-50-57(4)22-44-83(73)97)88(87)61-27-35-64(36-28-61)95-78-16-10-7-13-68(78)69-14-8-11-17-79(69)95/h7-52H,1-6H3. The molecule has 0 saturated carbocycles. The zero-order valence-electron chi connectivity index (χ0n) is 55.6. The second-order valence-corrected chi connectivity index (χ2v) is 28.1. The van der Waals surface area contributed by atoms with Crippen molar-refractivity contribution in [2.75, 3.05) is 0 Å². The van der Waals surface area contributed by atoms with Gasteiger partial charge in [-0.1, -0.05) is 167 Å². The summed E-state index contributed by atoms with van der Waals surface area (Å²) in [6.07, 6.45) is 0. The van der Waals surface area contributed by atoms with E-state index >= 15 is 0 Å². The fraction of sp³-hybridized carbons (Fsp3) is 0.0652. The number of para-hydroxylation sites is 3. The molecule has 0 unspecified atom stereocenters. The molecule has 99 heavy (non-hydrogen) atoms. The van der Waals surface area contributed by atoms with Gasteiger partial charge in [-0.3, -0.25) is 0 Å². The molecule has 0 spiro atoms. The number of hydrogen-bond donors (Lipinski definition) is 0. The predicted molar refractivity (Wildman–Crippen MR) is 417 cm³/mol. The summed E-state index contributed by atoms with van der Waals surface area (Å²) in [6.45, 7) is 13.0. The van der Waals surface area contributed by atoms with Crippen molar-refractivity contribution in [2.24, 2.45) is 0 Å². The molecule has 0 aliphatic rings. The normalized spacial score (nSPS) is 11.9. The molecule has 7 heteroatoms. The number of hydrogen-bond acceptors (Lipinski definition) is 3. The Kier molecular flexibility index (Phi) is 13.1. The molecule has 0 N–H and O–H groups in total. The summed E-state index contributed by atoms with van der Waals surface area (Å²) in [5.41, 5.74) is 30.4. The molecule has 19 rings (SSSR count). The zero-order chi connectivity index (χ0) is 66.5. The van der Waals surface area contributed by atoms with E-state index < -0.39 is 0 Å². The van der Waals surface area contributed by atoms with E-state index in [1.54, 1.807) is 11.3 Å². The number of aromatic nitrogens is 5. The fourth-order valence-electron chi connectivity index (χ4n) is 16.1. The average Bonchev–Trinajstić information content (AvgIpc) is 1.02. The molecular weight excluding hydrogens is 1220 g/mol. The summed E-state index contributed by atoms with van der Waals surface area (Å²) < 4.78 is 10.6. The molecule has 5 heterocycles. The third-order valence-corrected chi connectivity index (χ3v) is 21.6. The van der Waals surface area contributed by atoms with Gasteiger partial charge in [0.2, 0.25) is 0 Å². The van der Waals surface area contributed by atoms with Gasteiger partial charge in [0.1, 0.15) is 11.1 Å². The van der Waals surface area contributed by atoms with Crippen LogP contribution in [0.15, 0.2) is 279 Å². The van der Waals surface area contributed by atoms with Crippen LogP contribution in [0.5, 0.6) is 0 Å². The highest BCUT2D eigenvalue weighted by Gasteiger charge is 2.31. The van der Waals surface area contributed by atoms with Crippen molar-refractivity contribution >= 4 is 109 Å². The molecule has 0 amide bonds. The summed E-state index contributed by atoms with van der Waals surface area (Å²) >= 11 is 1.64. The van der Waals surface area contributed by atoms with Crippen molar-refractivity contribution in [3.05, 3.63) is 318 Å². The number of fused-ring (bicyclic) bond motifs is 13. The maximum Gasteiger partial charge on any atom is 0.126 e. The van der Waals surface area contributed by atoms with Crippen molar-refractivity contribution in [1.29, 1.82) is 5.26 Å². The molecule has 5 aromatic heterocycles. The van der Waals surface area contributed by atoms with Crippen molar-refractivity contribution in [3.63, 3.8) is 0 Å². The Morgan fingerprint density at radius 3 is 0.869 bits per heavy atom. The first-order chi connectivity index (χ1) is 48.5. The van der Waals surface area contributed by atoms with Crippen molar-refractivity contribution < 1.29 is 0 Å². The summed E-state index contributed by atoms with van der Waals surface area (Å²) in [4.78, 5) is 5.57. The van der Waals surface area contributed by atoms with Gasteiger partial charge in [-0.25, -0.2) is 4.98 Å². The molecule has 19 aromatic rings. The Labute approximate surface area is 577 Å². The van der Waals surface area contributed by atoms with Gasteiger partial charge in [0.25, 0.3) is 0 Å². The highest BCUT2D eigenvalue weighted by molar-refractivity contribution is 7.21. The van der Waals surface area contributed by atoms with E-state index in [1.165, 1.54) is 76.5 Å². The van der Waals surface area contributed by atoms with E-state index in [1.807, 2.05) is 0 Å². The van der Waals surface area contributed by atoms with Gasteiger partial charge in [0.05, 0.1) is 59.9 Å². The first-order valence-corrected chi connectivity index (χ1v) is 34.8. The van der Waals surface area contributed by atoms with Gasteiger partial charge in [0.15, 0.2) is 0 Å². The number of thiazole rings is 1. The van der Waals surface area contributed by atoms with Crippen molar-refractivity contribution in [1.82, 2.24) is 23.3 Å². The number of rotatable bonds is 9. The predicted octanol–water partition coefficient (Wildman–Crippen LogP) is 24.7. The highest BCUT2D eigenvalue weighted by atomic mass is 32.1. The maximum atomic E-state index is 12.6. The van der Waals surface area contributed by atoms with E-state index in [4.69, 9.17) is 4.98 Å². The molecule has 0 bridgehead atoms. The van der Waals surface area contributed by atoms with Crippen molar-refractivity contribution in [3.8, 4) is 83.9 Å². The Balaban J connectivity index is 0.922. The molecule has 0 radical (unpaired) electrons. The lowest BCUT2D eigenvalue weighted by Crippen LogP contribution is -2.03. The molecule has 0 aliphatic heterocycles. The third-order valence-electron chi connectivity index (χ3n) is 20.6. The van der Waals surface area contributed by atoms with Gasteiger partial charge in [-0.05, 0) is 221 Å². The van der Waals surface area contributed by atoms with E-state index in [0.29, 0.717) is 5.56 Å². The molecule has 468 valence electrons. The molecule has 0 fully saturated rings. The van der Waals surface area contributed by atoms with Gasteiger partial charge in [-0.15, -0.1) is 11.3 Å². The number of aryl methyl sites for hydroxylation is 6. The topological polar surface area (TPSA) is 56.4 Å². The first-order valence-electron chi connectivity index (χ1n) is 34.0. The minimum absolute atomic E-state index is 0.551. The van der Waals surface area contributed by atoms with Crippen LogP contribution in [0.1, 0.15) is 38.9 Å². The highest BCUT2D eigenvalue weighted by Crippen LogP contribution is 2.55. The van der Waals surface area contributed by atoms with Crippen LogP contribution in [-0.4, -0.2) is 23.3 Å². The third kappa shape index (κ3) is 9.10. The summed E-state index contributed by atoms with van der Waals surface area (Å²) in [7, 11) is 0. The molecule has 0 saturated heterocycles. The van der Waals surface area contributed by atoms with Gasteiger partial charge < -0.3 is 18.3 Å². The molecule has 0 aliphatic carbocycles. The Bertz CT molecular complexity index is 6370. The molecule has 14 aromatic carbocycles. The first kappa shape index (κ1) is 58.1. The Morgan fingerprint density at radius 2 is 0.545 bits per heavy atom. The van der Waals surface area contributed by atoms with Crippen LogP contribution in [0, 0.1) is 52.9 Å². The van der Waals surface area contributed by atoms with E-state index in [-0.39, 0.29) is 0 Å². The van der Waals surface area contributed by atoms with Crippen LogP contribution < -0.4 is 0 Å². The van der Waals surface area contributed by atoms with Gasteiger partial charge >= 0.3 is 0 Å². The number of benzene rings is 14. The maximum absolute atomic E-state index is 12.6. The lowest BCUT2D eigenvalue weighted by molar-refractivity contribution is 1.18. The van der Waals surface area contributed by atoms with E-state index in [0.717, 1.165) is 132 Å². The lowest BCUT2D eigenvalue weighted by Gasteiger charge is -2.26. The number of nitrogens with zero attached hydrogens (tertiary/aromatic N) is 6. The van der Waals surface area contributed by atoms with Crippen LogP contribution in [0.3, 0.4) is 0 Å². The SMILES string of the molecule is Cc1ccc2c(c1)c1cc(C)ccc1n2-c1ccc(-c2c(C#N)c(-c3nc4ccccc4s3)c(-c3ccc(-n4c5ccc(C)cc5c5cc(C)ccc54)cc3)c(-c3ccc(-n4c5ccc(C)cc5c5cc(C)ccc54)cc3)c2-c2ccc(-n3c4ccccc4c4ccccc43)cc2)cc1. The zero-order valence-corrected chi connectivity index (χ0v) is 56.5. The van der Waals surface area contributed by atoms with Crippen LogP contribution >= 0.6 is 11.3 Å². The quantitative estimate of drug-likeness (QED) is 0.145. The van der Waals surface area contributed by atoms with Crippen LogP contribution in [0.2, 0.25) is 0 Å². The van der Waals surface area contributed by atoms with Crippen molar-refractivity contribution in [2.45, 2.75) is 41.5 Å². The smallest absolute Gasteiger partial charge is 0.126 e. The van der Waals surface area contributed by atoms with Gasteiger partial charge in [-0.2, -0.15) is 5.26 Å². The van der Waals surface area contributed by atoms with Crippen LogP contribution in [0.25, 0.3) is 175 Å². The van der Waals surface area contributed by atoms with Gasteiger partial charge in [0, 0.05) is 82.5 Å². The minimum atomic E-state index is 0.551. The van der Waals surface area contributed by atoms with E-state index in [2.05, 4.69) is 345 Å². The lowest BCUT2D eigenvalue weighted by atomic mass is 9.77. The molecule has 0 atom stereocenters.